The van der Waals surface area contributed by atoms with Crippen LogP contribution in [-0.4, -0.2) is 55.2 Å². The lowest BCUT2D eigenvalue weighted by molar-refractivity contribution is 0.0984. The predicted molar refractivity (Wildman–Crippen MR) is 129 cm³/mol. The van der Waals surface area contributed by atoms with Crippen molar-refractivity contribution in [2.45, 2.75) is 13.8 Å². The van der Waals surface area contributed by atoms with E-state index >= 15 is 0 Å². The lowest BCUT2D eigenvalue weighted by Gasteiger charge is -2.24. The highest BCUT2D eigenvalue weighted by molar-refractivity contribution is 7.22. The molecule has 0 radical (unpaired) electrons. The smallest absolute Gasteiger partial charge is 0.260 e. The topological polar surface area (TPSA) is 54.9 Å². The van der Waals surface area contributed by atoms with Gasteiger partial charge in [0.1, 0.15) is 13.2 Å². The first-order valence-electron chi connectivity index (χ1n) is 10.1. The Hall–Kier alpha value is -2.06. The van der Waals surface area contributed by atoms with E-state index in [2.05, 4.69) is 18.7 Å². The number of benzene rings is 2. The van der Waals surface area contributed by atoms with Crippen LogP contribution in [0.15, 0.2) is 36.4 Å². The highest BCUT2D eigenvalue weighted by atomic mass is 35.5. The highest BCUT2D eigenvalue weighted by Gasteiger charge is 2.23. The summed E-state index contributed by atoms with van der Waals surface area (Å²) in [6.45, 7) is 8.46. The van der Waals surface area contributed by atoms with E-state index in [4.69, 9.17) is 26.1 Å². The molecule has 0 atom stereocenters. The van der Waals surface area contributed by atoms with E-state index in [1.807, 2.05) is 12.1 Å². The third-order valence-corrected chi connectivity index (χ3v) is 6.40. The molecule has 3 aromatic rings. The van der Waals surface area contributed by atoms with Crippen molar-refractivity contribution < 1.29 is 14.3 Å². The molecule has 0 N–H and O–H groups in total. The fourth-order valence-corrected chi connectivity index (χ4v) is 4.60. The van der Waals surface area contributed by atoms with Crippen LogP contribution in [0.1, 0.15) is 24.2 Å². The van der Waals surface area contributed by atoms with Gasteiger partial charge < -0.3 is 14.4 Å². The number of anilines is 1. The predicted octanol–water partition coefficient (Wildman–Crippen LogP) is 5.13. The molecule has 31 heavy (non-hydrogen) atoms. The summed E-state index contributed by atoms with van der Waals surface area (Å²) in [5.41, 5.74) is 1.35. The number of nitrogens with zero attached hydrogens (tertiary/aromatic N) is 3. The standard InChI is InChI=1S/C22H24ClN3O3S.ClH/c1-3-25(4-2)8-9-26(21(27)15-6-5-7-16(23)12-15)22-24-17-13-18-19(14-20(17)30-22)29-11-10-28-18;/h5-7,12-14H,3-4,8-11H2,1-2H3;1H. The van der Waals surface area contributed by atoms with Gasteiger partial charge in [-0.15, -0.1) is 12.4 Å². The first kappa shape index (κ1) is 23.6. The number of carbonyl (C=O) groups excluding carboxylic acids is 1. The molecule has 6 nitrogen and oxygen atoms in total. The molecule has 0 spiro atoms. The zero-order valence-electron chi connectivity index (χ0n) is 17.5. The van der Waals surface area contributed by atoms with E-state index in [1.165, 1.54) is 11.3 Å². The second-order valence-corrected chi connectivity index (χ2v) is 8.40. The Kier molecular flexibility index (Phi) is 8.00. The minimum atomic E-state index is -0.110. The van der Waals surface area contributed by atoms with Crippen LogP contribution in [0.3, 0.4) is 0 Å². The molecule has 1 amide bonds. The maximum Gasteiger partial charge on any atom is 0.260 e. The van der Waals surface area contributed by atoms with Crippen molar-refractivity contribution in [1.82, 2.24) is 9.88 Å². The molecule has 0 fully saturated rings. The summed E-state index contributed by atoms with van der Waals surface area (Å²) in [4.78, 5) is 22.2. The van der Waals surface area contributed by atoms with Gasteiger partial charge in [-0.25, -0.2) is 4.98 Å². The molecule has 2 aromatic carbocycles. The summed E-state index contributed by atoms with van der Waals surface area (Å²) in [6.07, 6.45) is 0. The lowest BCUT2D eigenvalue weighted by atomic mass is 10.2. The number of fused-ring (bicyclic) bond motifs is 2. The molecular formula is C22H25Cl2N3O3S. The normalized spacial score (nSPS) is 12.6. The van der Waals surface area contributed by atoms with Crippen LogP contribution in [0.25, 0.3) is 10.2 Å². The fraction of sp³-hybridized carbons (Fsp3) is 0.364. The fourth-order valence-electron chi connectivity index (χ4n) is 3.41. The zero-order chi connectivity index (χ0) is 21.1. The average Bonchev–Trinajstić information content (AvgIpc) is 3.17. The van der Waals surface area contributed by atoms with Crippen LogP contribution in [0.5, 0.6) is 11.5 Å². The van der Waals surface area contributed by atoms with Gasteiger partial charge in [0.25, 0.3) is 5.91 Å². The van der Waals surface area contributed by atoms with Crippen molar-refractivity contribution in [3.63, 3.8) is 0 Å². The monoisotopic (exact) mass is 481 g/mol. The van der Waals surface area contributed by atoms with Gasteiger partial charge in [0.2, 0.25) is 0 Å². The molecule has 0 bridgehead atoms. The molecule has 0 aliphatic carbocycles. The number of thiazole rings is 1. The van der Waals surface area contributed by atoms with Crippen LogP contribution in [0, 0.1) is 0 Å². The summed E-state index contributed by atoms with van der Waals surface area (Å²) >= 11 is 7.61. The van der Waals surface area contributed by atoms with Crippen molar-refractivity contribution in [2.75, 3.05) is 44.3 Å². The highest BCUT2D eigenvalue weighted by Crippen LogP contribution is 2.39. The van der Waals surface area contributed by atoms with Crippen LogP contribution in [0.2, 0.25) is 5.02 Å². The molecule has 166 valence electrons. The number of hydrogen-bond acceptors (Lipinski definition) is 6. The van der Waals surface area contributed by atoms with Crippen molar-refractivity contribution in [2.24, 2.45) is 0 Å². The summed E-state index contributed by atoms with van der Waals surface area (Å²) in [5.74, 6) is 1.31. The van der Waals surface area contributed by atoms with E-state index in [-0.39, 0.29) is 18.3 Å². The average molecular weight is 482 g/mol. The van der Waals surface area contributed by atoms with Gasteiger partial charge in [-0.3, -0.25) is 9.69 Å². The maximum atomic E-state index is 13.4. The molecular weight excluding hydrogens is 457 g/mol. The number of ether oxygens (including phenoxy) is 2. The Balaban J connectivity index is 0.00000272. The van der Waals surface area contributed by atoms with Crippen molar-refractivity contribution in [3.8, 4) is 11.5 Å². The van der Waals surface area contributed by atoms with Gasteiger partial charge in [0.05, 0.1) is 10.2 Å². The number of aromatic nitrogens is 1. The first-order chi connectivity index (χ1) is 14.6. The maximum absolute atomic E-state index is 13.4. The van der Waals surface area contributed by atoms with Gasteiger partial charge in [-0.05, 0) is 31.3 Å². The van der Waals surface area contributed by atoms with Gasteiger partial charge in [-0.1, -0.05) is 42.9 Å². The second kappa shape index (κ2) is 10.5. The molecule has 1 aliphatic heterocycles. The number of likely N-dealkylation sites (N-methyl/N-ethyl adjacent to an activating group) is 1. The van der Waals surface area contributed by atoms with Gasteiger partial charge in [0, 0.05) is 35.8 Å². The van der Waals surface area contributed by atoms with Crippen LogP contribution in [-0.2, 0) is 0 Å². The van der Waals surface area contributed by atoms with E-state index in [0.29, 0.717) is 41.2 Å². The lowest BCUT2D eigenvalue weighted by Crippen LogP contribution is -2.38. The first-order valence-corrected chi connectivity index (χ1v) is 11.3. The van der Waals surface area contributed by atoms with Crippen molar-refractivity contribution in [1.29, 1.82) is 0 Å². The Morgan fingerprint density at radius 2 is 1.81 bits per heavy atom. The number of hydrogen-bond donors (Lipinski definition) is 0. The Morgan fingerprint density at radius 3 is 2.48 bits per heavy atom. The largest absolute Gasteiger partial charge is 0.486 e. The van der Waals surface area contributed by atoms with Crippen LogP contribution >= 0.6 is 35.3 Å². The Labute approximate surface area is 197 Å². The third-order valence-electron chi connectivity index (χ3n) is 5.12. The van der Waals surface area contributed by atoms with Gasteiger partial charge in [0.15, 0.2) is 16.6 Å². The number of rotatable bonds is 7. The van der Waals surface area contributed by atoms with Gasteiger partial charge >= 0.3 is 0 Å². The molecule has 1 aliphatic rings. The Morgan fingerprint density at radius 1 is 1.10 bits per heavy atom. The third kappa shape index (κ3) is 5.23. The molecule has 2 heterocycles. The molecule has 9 heteroatoms. The van der Waals surface area contributed by atoms with Crippen LogP contribution in [0.4, 0.5) is 5.13 Å². The summed E-state index contributed by atoms with van der Waals surface area (Å²) in [5, 5.41) is 1.19. The quantitative estimate of drug-likeness (QED) is 0.467. The van der Waals surface area contributed by atoms with Crippen molar-refractivity contribution in [3.05, 3.63) is 47.0 Å². The molecule has 1 aromatic heterocycles. The summed E-state index contributed by atoms with van der Waals surface area (Å²) in [7, 11) is 0. The number of carbonyl (C=O) groups is 1. The van der Waals surface area contributed by atoms with Gasteiger partial charge in [-0.2, -0.15) is 0 Å². The van der Waals surface area contributed by atoms with Crippen LogP contribution < -0.4 is 14.4 Å². The minimum absolute atomic E-state index is 0. The number of halogens is 2. The Bertz CT molecular complexity index is 1010. The summed E-state index contributed by atoms with van der Waals surface area (Å²) in [6, 6.07) is 10.9. The minimum Gasteiger partial charge on any atom is -0.486 e. The van der Waals surface area contributed by atoms with E-state index in [1.54, 1.807) is 29.2 Å². The molecule has 0 saturated carbocycles. The SMILES string of the molecule is CCN(CC)CCN(C(=O)c1cccc(Cl)c1)c1nc2cc3c(cc2s1)OCCO3.Cl. The van der Waals surface area contributed by atoms with Crippen molar-refractivity contribution >= 4 is 56.6 Å². The van der Waals surface area contributed by atoms with E-state index in [9.17, 15) is 4.79 Å². The van der Waals surface area contributed by atoms with E-state index in [0.717, 1.165) is 35.6 Å². The molecule has 0 saturated heterocycles. The zero-order valence-corrected chi connectivity index (χ0v) is 19.9. The molecule has 4 rings (SSSR count). The molecule has 0 unspecified atom stereocenters. The van der Waals surface area contributed by atoms with E-state index < -0.39 is 0 Å². The number of amides is 1. The second-order valence-electron chi connectivity index (χ2n) is 6.95. The summed E-state index contributed by atoms with van der Waals surface area (Å²) < 4.78 is 12.3.